The zero-order valence-corrected chi connectivity index (χ0v) is 12.9. The fraction of sp³-hybridized carbons (Fsp3) is 0.222. The van der Waals surface area contributed by atoms with Crippen molar-refractivity contribution in [2.24, 2.45) is 0 Å². The van der Waals surface area contributed by atoms with Crippen molar-refractivity contribution in [3.05, 3.63) is 71.8 Å². The molecule has 2 aromatic carbocycles. The van der Waals surface area contributed by atoms with Crippen LogP contribution in [0.5, 0.6) is 0 Å². The minimum atomic E-state index is -1.44. The van der Waals surface area contributed by atoms with E-state index in [0.717, 1.165) is 11.1 Å². The molecule has 120 valence electrons. The number of ether oxygens (including phenoxy) is 1. The van der Waals surface area contributed by atoms with Gasteiger partial charge in [-0.15, -0.1) is 0 Å². The summed E-state index contributed by atoms with van der Waals surface area (Å²) in [7, 11) is 0. The molecule has 1 unspecified atom stereocenters. The second-order valence-corrected chi connectivity index (χ2v) is 5.49. The highest BCUT2D eigenvalue weighted by molar-refractivity contribution is 5.84. The first kappa shape index (κ1) is 16.5. The SMILES string of the molecule is CC(Cc1ccccc1)(NC(=O)OCc1ccccc1)C(=O)O. The first-order valence-corrected chi connectivity index (χ1v) is 7.26. The molecule has 2 aromatic rings. The van der Waals surface area contributed by atoms with E-state index in [1.807, 2.05) is 60.7 Å². The number of carbonyl (C=O) groups is 2. The molecule has 0 aromatic heterocycles. The summed E-state index contributed by atoms with van der Waals surface area (Å²) in [6, 6.07) is 18.3. The molecule has 23 heavy (non-hydrogen) atoms. The predicted molar refractivity (Wildman–Crippen MR) is 85.9 cm³/mol. The van der Waals surface area contributed by atoms with Gasteiger partial charge in [0.1, 0.15) is 12.1 Å². The third-order valence-electron chi connectivity index (χ3n) is 3.46. The molecule has 0 aliphatic rings. The van der Waals surface area contributed by atoms with Crippen LogP contribution in [0.4, 0.5) is 4.79 Å². The van der Waals surface area contributed by atoms with E-state index in [1.54, 1.807) is 0 Å². The standard InChI is InChI=1S/C18H19NO4/c1-18(16(20)21,12-14-8-4-2-5-9-14)19-17(22)23-13-15-10-6-3-7-11-15/h2-11H,12-13H2,1H3,(H,19,22)(H,20,21). The molecule has 0 aliphatic heterocycles. The Balaban J connectivity index is 1.98. The van der Waals surface area contributed by atoms with Gasteiger partial charge in [0.05, 0.1) is 0 Å². The number of nitrogens with one attached hydrogen (secondary N) is 1. The maximum absolute atomic E-state index is 11.9. The molecule has 1 amide bonds. The van der Waals surface area contributed by atoms with E-state index in [9.17, 15) is 14.7 Å². The predicted octanol–water partition coefficient (Wildman–Crippen LogP) is 3.00. The Morgan fingerprint density at radius 3 is 2.04 bits per heavy atom. The van der Waals surface area contributed by atoms with Crippen LogP contribution in [0, 0.1) is 0 Å². The third-order valence-corrected chi connectivity index (χ3v) is 3.46. The molecule has 0 fully saturated rings. The Hall–Kier alpha value is -2.82. The van der Waals surface area contributed by atoms with Crippen molar-refractivity contribution < 1.29 is 19.4 Å². The summed E-state index contributed by atoms with van der Waals surface area (Å²) in [6.45, 7) is 1.56. The third kappa shape index (κ3) is 4.85. The molecule has 0 spiro atoms. The van der Waals surface area contributed by atoms with Crippen molar-refractivity contribution in [2.75, 3.05) is 0 Å². The highest BCUT2D eigenvalue weighted by Crippen LogP contribution is 2.14. The number of amides is 1. The zero-order valence-electron chi connectivity index (χ0n) is 12.9. The molecule has 1 atom stereocenters. The van der Waals surface area contributed by atoms with E-state index in [4.69, 9.17) is 4.74 Å². The topological polar surface area (TPSA) is 75.6 Å². The fourth-order valence-electron chi connectivity index (χ4n) is 2.16. The van der Waals surface area contributed by atoms with Crippen molar-refractivity contribution >= 4 is 12.1 Å². The molecular weight excluding hydrogens is 294 g/mol. The summed E-state index contributed by atoms with van der Waals surface area (Å²) in [4.78, 5) is 23.5. The summed E-state index contributed by atoms with van der Waals surface area (Å²) in [5.41, 5.74) is 0.221. The number of benzene rings is 2. The molecule has 2 rings (SSSR count). The monoisotopic (exact) mass is 313 g/mol. The average Bonchev–Trinajstić information content (AvgIpc) is 2.54. The van der Waals surface area contributed by atoms with Crippen molar-refractivity contribution in [3.8, 4) is 0 Å². The summed E-state index contributed by atoms with van der Waals surface area (Å²) < 4.78 is 5.10. The summed E-state index contributed by atoms with van der Waals surface area (Å²) in [6.07, 6.45) is -0.585. The Kier molecular flexibility index (Phi) is 5.36. The molecule has 0 saturated carbocycles. The van der Waals surface area contributed by atoms with Crippen LogP contribution in [0.25, 0.3) is 0 Å². The highest BCUT2D eigenvalue weighted by atomic mass is 16.5. The Morgan fingerprint density at radius 2 is 1.52 bits per heavy atom. The average molecular weight is 313 g/mol. The quantitative estimate of drug-likeness (QED) is 0.859. The smallest absolute Gasteiger partial charge is 0.408 e. The number of carbonyl (C=O) groups excluding carboxylic acids is 1. The molecule has 5 nitrogen and oxygen atoms in total. The fourth-order valence-corrected chi connectivity index (χ4v) is 2.16. The van der Waals surface area contributed by atoms with Crippen LogP contribution in [0.1, 0.15) is 18.1 Å². The van der Waals surface area contributed by atoms with Gasteiger partial charge in [-0.05, 0) is 18.1 Å². The van der Waals surface area contributed by atoms with Gasteiger partial charge in [-0.1, -0.05) is 60.7 Å². The number of hydrogen-bond acceptors (Lipinski definition) is 3. The molecule has 2 N–H and O–H groups in total. The van der Waals surface area contributed by atoms with Crippen molar-refractivity contribution in [1.29, 1.82) is 0 Å². The Bertz CT molecular complexity index is 657. The van der Waals surface area contributed by atoms with Gasteiger partial charge in [-0.25, -0.2) is 9.59 Å². The van der Waals surface area contributed by atoms with E-state index in [2.05, 4.69) is 5.32 Å². The first-order valence-electron chi connectivity index (χ1n) is 7.26. The number of hydrogen-bond donors (Lipinski definition) is 2. The van der Waals surface area contributed by atoms with E-state index in [1.165, 1.54) is 6.92 Å². The van der Waals surface area contributed by atoms with Gasteiger partial charge in [-0.2, -0.15) is 0 Å². The normalized spacial score (nSPS) is 12.9. The van der Waals surface area contributed by atoms with Gasteiger partial charge in [0.15, 0.2) is 0 Å². The highest BCUT2D eigenvalue weighted by Gasteiger charge is 2.35. The van der Waals surface area contributed by atoms with E-state index in [-0.39, 0.29) is 13.0 Å². The van der Waals surface area contributed by atoms with Crippen LogP contribution in [-0.4, -0.2) is 22.7 Å². The van der Waals surface area contributed by atoms with E-state index < -0.39 is 17.6 Å². The number of carboxylic acid groups (broad SMARTS) is 1. The second kappa shape index (κ2) is 7.45. The van der Waals surface area contributed by atoms with Gasteiger partial charge < -0.3 is 15.2 Å². The summed E-state index contributed by atoms with van der Waals surface area (Å²) in [5, 5.41) is 11.9. The van der Waals surface area contributed by atoms with Gasteiger partial charge in [0.25, 0.3) is 0 Å². The lowest BCUT2D eigenvalue weighted by Gasteiger charge is -2.26. The lowest BCUT2D eigenvalue weighted by molar-refractivity contribution is -0.143. The van der Waals surface area contributed by atoms with Crippen LogP contribution in [0.15, 0.2) is 60.7 Å². The maximum Gasteiger partial charge on any atom is 0.408 e. The van der Waals surface area contributed by atoms with Crippen molar-refractivity contribution in [2.45, 2.75) is 25.5 Å². The maximum atomic E-state index is 11.9. The zero-order chi connectivity index (χ0) is 16.7. The van der Waals surface area contributed by atoms with Crippen LogP contribution < -0.4 is 5.32 Å². The van der Waals surface area contributed by atoms with Crippen molar-refractivity contribution in [3.63, 3.8) is 0 Å². The van der Waals surface area contributed by atoms with Crippen LogP contribution in [0.3, 0.4) is 0 Å². The number of alkyl carbamates (subject to hydrolysis) is 1. The lowest BCUT2D eigenvalue weighted by Crippen LogP contribution is -2.53. The number of aliphatic carboxylic acids is 1. The molecule has 0 aliphatic carbocycles. The summed E-state index contributed by atoms with van der Waals surface area (Å²) >= 11 is 0. The van der Waals surface area contributed by atoms with Gasteiger partial charge >= 0.3 is 12.1 Å². The number of rotatable bonds is 6. The minimum Gasteiger partial charge on any atom is -0.480 e. The minimum absolute atomic E-state index is 0.0910. The largest absolute Gasteiger partial charge is 0.480 e. The molecule has 0 saturated heterocycles. The molecular formula is C18H19NO4. The van der Waals surface area contributed by atoms with E-state index >= 15 is 0 Å². The lowest BCUT2D eigenvalue weighted by atomic mass is 9.93. The molecule has 0 radical (unpaired) electrons. The number of carboxylic acids is 1. The van der Waals surface area contributed by atoms with Crippen LogP contribution in [-0.2, 0) is 22.6 Å². The molecule has 0 heterocycles. The Morgan fingerprint density at radius 1 is 1.00 bits per heavy atom. The second-order valence-electron chi connectivity index (χ2n) is 5.49. The van der Waals surface area contributed by atoms with E-state index in [0.29, 0.717) is 0 Å². The van der Waals surface area contributed by atoms with Gasteiger partial charge in [0, 0.05) is 6.42 Å². The first-order chi connectivity index (χ1) is 11.0. The van der Waals surface area contributed by atoms with Gasteiger partial charge in [0.2, 0.25) is 0 Å². The summed E-state index contributed by atoms with van der Waals surface area (Å²) in [5.74, 6) is -1.11. The van der Waals surface area contributed by atoms with Crippen LogP contribution in [0.2, 0.25) is 0 Å². The van der Waals surface area contributed by atoms with Crippen molar-refractivity contribution in [1.82, 2.24) is 5.32 Å². The Labute approximate surface area is 134 Å². The van der Waals surface area contributed by atoms with Crippen LogP contribution >= 0.6 is 0 Å². The molecule has 5 heteroatoms. The molecule has 0 bridgehead atoms. The van der Waals surface area contributed by atoms with Gasteiger partial charge in [-0.3, -0.25) is 0 Å².